The number of halogens is 4. The average Bonchev–Trinajstić information content (AvgIpc) is 2.67. The summed E-state index contributed by atoms with van der Waals surface area (Å²) in [5, 5.41) is 9.78. The van der Waals surface area contributed by atoms with Crippen molar-refractivity contribution in [3.63, 3.8) is 0 Å². The third-order valence-corrected chi connectivity index (χ3v) is 3.66. The summed E-state index contributed by atoms with van der Waals surface area (Å²) < 4.78 is 45.8. The second-order valence-electron chi connectivity index (χ2n) is 4.13. The standard InChI is InChI=1S/C11H10F3IN2O2/c1-10(18,11(12,13)14)6-5-17-8(15)4-16-9(17)3-7(6)19-2/h3-5,18H,1-2H3. The van der Waals surface area contributed by atoms with Gasteiger partial charge in [-0.2, -0.15) is 13.2 Å². The van der Waals surface area contributed by atoms with Gasteiger partial charge in [0.25, 0.3) is 0 Å². The number of hydrogen-bond donors (Lipinski definition) is 1. The minimum Gasteiger partial charge on any atom is -0.496 e. The molecule has 1 N–H and O–H groups in total. The van der Waals surface area contributed by atoms with E-state index in [1.807, 2.05) is 22.6 Å². The number of nitrogens with zero attached hydrogens (tertiary/aromatic N) is 2. The quantitative estimate of drug-likeness (QED) is 0.808. The Morgan fingerprint density at radius 3 is 2.58 bits per heavy atom. The highest BCUT2D eigenvalue weighted by Gasteiger charge is 2.52. The van der Waals surface area contributed by atoms with Crippen molar-refractivity contribution in [3.05, 3.63) is 27.7 Å². The zero-order valence-electron chi connectivity index (χ0n) is 9.99. The summed E-state index contributed by atoms with van der Waals surface area (Å²) in [6.45, 7) is 0.695. The molecule has 19 heavy (non-hydrogen) atoms. The molecule has 0 aliphatic carbocycles. The molecular formula is C11H10F3IN2O2. The Balaban J connectivity index is 2.74. The van der Waals surface area contributed by atoms with E-state index >= 15 is 0 Å². The molecule has 0 fully saturated rings. The minimum atomic E-state index is -4.81. The highest BCUT2D eigenvalue weighted by atomic mass is 127. The molecular weight excluding hydrogens is 376 g/mol. The monoisotopic (exact) mass is 386 g/mol. The molecule has 2 aromatic heterocycles. The van der Waals surface area contributed by atoms with Crippen LogP contribution < -0.4 is 4.74 Å². The Morgan fingerprint density at radius 1 is 1.42 bits per heavy atom. The van der Waals surface area contributed by atoms with Gasteiger partial charge in [-0.3, -0.25) is 4.40 Å². The molecule has 4 nitrogen and oxygen atoms in total. The van der Waals surface area contributed by atoms with E-state index in [9.17, 15) is 18.3 Å². The van der Waals surface area contributed by atoms with Crippen LogP contribution in [-0.2, 0) is 5.60 Å². The fourth-order valence-electron chi connectivity index (χ4n) is 1.66. The highest BCUT2D eigenvalue weighted by molar-refractivity contribution is 14.1. The lowest BCUT2D eigenvalue weighted by atomic mass is 9.96. The fraction of sp³-hybridized carbons (Fsp3) is 0.364. The summed E-state index contributed by atoms with van der Waals surface area (Å²) >= 11 is 1.94. The van der Waals surface area contributed by atoms with Crippen LogP contribution in [0.5, 0.6) is 5.75 Å². The Kier molecular flexibility index (Phi) is 3.42. The van der Waals surface area contributed by atoms with Crippen LogP contribution in [0.15, 0.2) is 18.5 Å². The minimum absolute atomic E-state index is 0.0585. The van der Waals surface area contributed by atoms with Gasteiger partial charge < -0.3 is 9.84 Å². The molecule has 1 atom stereocenters. The van der Waals surface area contributed by atoms with Crippen molar-refractivity contribution in [1.29, 1.82) is 0 Å². The van der Waals surface area contributed by atoms with Gasteiger partial charge in [0.1, 0.15) is 15.1 Å². The number of alkyl halides is 3. The van der Waals surface area contributed by atoms with E-state index in [-0.39, 0.29) is 11.3 Å². The van der Waals surface area contributed by atoms with E-state index in [1.54, 1.807) is 0 Å². The van der Waals surface area contributed by atoms with E-state index in [0.717, 1.165) is 0 Å². The number of pyridine rings is 1. The smallest absolute Gasteiger partial charge is 0.421 e. The van der Waals surface area contributed by atoms with Gasteiger partial charge in [0.05, 0.1) is 18.9 Å². The van der Waals surface area contributed by atoms with Crippen LogP contribution in [0.4, 0.5) is 13.2 Å². The van der Waals surface area contributed by atoms with Crippen LogP contribution in [0.25, 0.3) is 5.65 Å². The second kappa shape index (κ2) is 4.51. The number of aliphatic hydroxyl groups is 1. The van der Waals surface area contributed by atoms with E-state index in [2.05, 4.69) is 4.98 Å². The van der Waals surface area contributed by atoms with Gasteiger partial charge in [-0.05, 0) is 29.5 Å². The normalized spacial score (nSPS) is 15.5. The van der Waals surface area contributed by atoms with Crippen LogP contribution in [0.2, 0.25) is 0 Å². The third kappa shape index (κ3) is 2.27. The summed E-state index contributed by atoms with van der Waals surface area (Å²) in [6, 6.07) is 1.36. The molecule has 0 spiro atoms. The molecule has 0 saturated heterocycles. The van der Waals surface area contributed by atoms with Crippen LogP contribution >= 0.6 is 22.6 Å². The predicted molar refractivity (Wildman–Crippen MR) is 70.1 cm³/mol. The number of rotatable bonds is 2. The molecule has 0 bridgehead atoms. The van der Waals surface area contributed by atoms with Gasteiger partial charge in [-0.15, -0.1) is 0 Å². The van der Waals surface area contributed by atoms with Crippen LogP contribution in [0, 0.1) is 3.70 Å². The topological polar surface area (TPSA) is 46.8 Å². The van der Waals surface area contributed by atoms with Crippen molar-refractivity contribution in [2.45, 2.75) is 18.7 Å². The van der Waals surface area contributed by atoms with Crippen molar-refractivity contribution >= 4 is 28.2 Å². The van der Waals surface area contributed by atoms with Crippen molar-refractivity contribution in [1.82, 2.24) is 9.38 Å². The molecule has 1 unspecified atom stereocenters. The number of methoxy groups -OCH3 is 1. The number of hydrogen-bond acceptors (Lipinski definition) is 3. The molecule has 0 amide bonds. The zero-order chi connectivity index (χ0) is 14.4. The van der Waals surface area contributed by atoms with Crippen molar-refractivity contribution in [3.8, 4) is 5.75 Å². The Morgan fingerprint density at radius 2 is 2.05 bits per heavy atom. The molecule has 0 aromatic carbocycles. The van der Waals surface area contributed by atoms with Crippen molar-refractivity contribution < 1.29 is 23.0 Å². The number of ether oxygens (including phenoxy) is 1. The van der Waals surface area contributed by atoms with Gasteiger partial charge in [0.15, 0.2) is 5.60 Å². The molecule has 104 valence electrons. The lowest BCUT2D eigenvalue weighted by molar-refractivity contribution is -0.259. The van der Waals surface area contributed by atoms with E-state index in [4.69, 9.17) is 4.74 Å². The number of aromatic nitrogens is 2. The molecule has 8 heteroatoms. The maximum absolute atomic E-state index is 12.9. The highest BCUT2D eigenvalue weighted by Crippen LogP contribution is 2.42. The molecule has 2 heterocycles. The SMILES string of the molecule is COc1cc2ncc(I)n2cc1C(C)(O)C(F)(F)F. The first-order chi connectivity index (χ1) is 8.68. The van der Waals surface area contributed by atoms with E-state index in [0.29, 0.717) is 16.3 Å². The first-order valence-electron chi connectivity index (χ1n) is 5.18. The maximum Gasteiger partial charge on any atom is 0.421 e. The predicted octanol–water partition coefficient (Wildman–Crippen LogP) is 2.72. The summed E-state index contributed by atoms with van der Waals surface area (Å²) in [4.78, 5) is 4.02. The van der Waals surface area contributed by atoms with Gasteiger partial charge in [-0.1, -0.05) is 0 Å². The Hall–Kier alpha value is -1.03. The summed E-state index contributed by atoms with van der Waals surface area (Å²) in [5.41, 5.74) is -2.91. The Bertz CT molecular complexity index is 622. The van der Waals surface area contributed by atoms with Gasteiger partial charge in [-0.25, -0.2) is 4.98 Å². The molecule has 0 aliphatic heterocycles. The third-order valence-electron chi connectivity index (χ3n) is 2.86. The van der Waals surface area contributed by atoms with Crippen molar-refractivity contribution in [2.75, 3.05) is 7.11 Å². The van der Waals surface area contributed by atoms with Crippen LogP contribution in [-0.4, -0.2) is 27.8 Å². The Labute approximate surface area is 120 Å². The lowest BCUT2D eigenvalue weighted by Gasteiger charge is -2.28. The number of fused-ring (bicyclic) bond motifs is 1. The first-order valence-corrected chi connectivity index (χ1v) is 6.26. The van der Waals surface area contributed by atoms with Crippen molar-refractivity contribution in [2.24, 2.45) is 0 Å². The van der Waals surface area contributed by atoms with Gasteiger partial charge in [0, 0.05) is 12.3 Å². The van der Waals surface area contributed by atoms with Gasteiger partial charge >= 0.3 is 6.18 Å². The van der Waals surface area contributed by atoms with E-state index in [1.165, 1.54) is 30.0 Å². The summed E-state index contributed by atoms with van der Waals surface area (Å²) in [6.07, 6.45) is -2.10. The second-order valence-corrected chi connectivity index (χ2v) is 5.24. The lowest BCUT2D eigenvalue weighted by Crippen LogP contribution is -2.39. The summed E-state index contributed by atoms with van der Waals surface area (Å²) in [5.74, 6) is -0.0585. The van der Waals surface area contributed by atoms with Gasteiger partial charge in [0.2, 0.25) is 0 Å². The largest absolute Gasteiger partial charge is 0.496 e. The molecule has 2 aromatic rings. The fourth-order valence-corrected chi connectivity index (χ4v) is 2.19. The average molecular weight is 386 g/mol. The van der Waals surface area contributed by atoms with Crippen LogP contribution in [0.3, 0.4) is 0 Å². The summed E-state index contributed by atoms with van der Waals surface area (Å²) in [7, 11) is 1.25. The number of imidazole rings is 1. The zero-order valence-corrected chi connectivity index (χ0v) is 12.2. The molecule has 0 radical (unpaired) electrons. The first kappa shape index (κ1) is 14.4. The molecule has 0 saturated carbocycles. The molecule has 2 rings (SSSR count). The van der Waals surface area contributed by atoms with Crippen LogP contribution in [0.1, 0.15) is 12.5 Å². The molecule has 0 aliphatic rings. The van der Waals surface area contributed by atoms with E-state index < -0.39 is 11.8 Å². The maximum atomic E-state index is 12.9.